The summed E-state index contributed by atoms with van der Waals surface area (Å²) in [4.78, 5) is 35.6. The number of nitrogens with one attached hydrogen (secondary N) is 2. The highest BCUT2D eigenvalue weighted by atomic mass is 16.5. The van der Waals surface area contributed by atoms with Crippen molar-refractivity contribution in [1.82, 2.24) is 0 Å². The maximum atomic E-state index is 12.1. The van der Waals surface area contributed by atoms with Gasteiger partial charge in [-0.05, 0) is 30.3 Å². The lowest BCUT2D eigenvalue weighted by atomic mass is 10.2. The van der Waals surface area contributed by atoms with Gasteiger partial charge in [0.05, 0.1) is 26.9 Å². The highest BCUT2D eigenvalue weighted by molar-refractivity contribution is 6.43. The van der Waals surface area contributed by atoms with E-state index in [9.17, 15) is 14.4 Å². The average Bonchev–Trinajstić information content (AvgIpc) is 2.67. The minimum Gasteiger partial charge on any atom is -0.493 e. The van der Waals surface area contributed by atoms with Crippen LogP contribution in [0.5, 0.6) is 11.5 Å². The van der Waals surface area contributed by atoms with Crippen molar-refractivity contribution < 1.29 is 28.6 Å². The van der Waals surface area contributed by atoms with Crippen LogP contribution < -0.4 is 20.1 Å². The van der Waals surface area contributed by atoms with E-state index in [0.29, 0.717) is 22.9 Å². The molecule has 8 nitrogen and oxygen atoms in total. The first kappa shape index (κ1) is 18.8. The normalized spacial score (nSPS) is 9.81. The molecule has 0 unspecified atom stereocenters. The van der Waals surface area contributed by atoms with E-state index in [1.165, 1.54) is 39.5 Å². The van der Waals surface area contributed by atoms with Crippen molar-refractivity contribution in [2.45, 2.75) is 0 Å². The Balaban J connectivity index is 2.06. The number of esters is 1. The molecule has 0 saturated carbocycles. The van der Waals surface area contributed by atoms with Crippen molar-refractivity contribution in [2.75, 3.05) is 32.0 Å². The second kappa shape index (κ2) is 8.52. The molecule has 2 rings (SSSR count). The summed E-state index contributed by atoms with van der Waals surface area (Å²) >= 11 is 0. The molecule has 8 heteroatoms. The fourth-order valence-electron chi connectivity index (χ4n) is 2.13. The fourth-order valence-corrected chi connectivity index (χ4v) is 2.13. The molecular formula is C18H18N2O6. The van der Waals surface area contributed by atoms with Crippen LogP contribution in [0.3, 0.4) is 0 Å². The van der Waals surface area contributed by atoms with Gasteiger partial charge in [-0.3, -0.25) is 9.59 Å². The van der Waals surface area contributed by atoms with Gasteiger partial charge in [0.25, 0.3) is 0 Å². The first-order valence-corrected chi connectivity index (χ1v) is 7.51. The molecule has 2 aromatic rings. The maximum absolute atomic E-state index is 12.1. The zero-order chi connectivity index (χ0) is 19.1. The smallest absolute Gasteiger partial charge is 0.337 e. The van der Waals surface area contributed by atoms with E-state index in [0.717, 1.165) is 0 Å². The number of ether oxygens (including phenoxy) is 3. The minimum absolute atomic E-state index is 0.255. The van der Waals surface area contributed by atoms with Gasteiger partial charge in [-0.2, -0.15) is 0 Å². The molecule has 136 valence electrons. The summed E-state index contributed by atoms with van der Waals surface area (Å²) in [5.41, 5.74) is 0.914. The number of carbonyl (C=O) groups excluding carboxylic acids is 3. The highest BCUT2D eigenvalue weighted by Gasteiger charge is 2.16. The summed E-state index contributed by atoms with van der Waals surface area (Å²) in [6.07, 6.45) is 0. The first-order chi connectivity index (χ1) is 12.5. The highest BCUT2D eigenvalue weighted by Crippen LogP contribution is 2.29. The standard InChI is InChI=1S/C18H18N2O6/c1-24-14-8-7-13(10-15(14)25-2)20-17(22)16(21)19-12-6-4-5-11(9-12)18(23)26-3/h4-10H,1-3H3,(H,19,21)(H,20,22). The molecule has 2 amide bonds. The zero-order valence-electron chi connectivity index (χ0n) is 14.5. The molecule has 0 heterocycles. The van der Waals surface area contributed by atoms with Crippen molar-refractivity contribution >= 4 is 29.2 Å². The summed E-state index contributed by atoms with van der Waals surface area (Å²) in [5.74, 6) is -1.40. The van der Waals surface area contributed by atoms with Gasteiger partial charge in [0, 0.05) is 17.4 Å². The Labute approximate surface area is 150 Å². The SMILES string of the molecule is COC(=O)c1cccc(NC(=O)C(=O)Nc2ccc(OC)c(OC)c2)c1. The lowest BCUT2D eigenvalue weighted by Gasteiger charge is -2.11. The molecule has 26 heavy (non-hydrogen) atoms. The van der Waals surface area contributed by atoms with Gasteiger partial charge in [0.15, 0.2) is 11.5 Å². The van der Waals surface area contributed by atoms with E-state index >= 15 is 0 Å². The molecule has 0 aliphatic rings. The molecule has 0 atom stereocenters. The number of benzene rings is 2. The molecule has 0 aliphatic carbocycles. The summed E-state index contributed by atoms with van der Waals surface area (Å²) in [6, 6.07) is 10.8. The molecule has 2 aromatic carbocycles. The van der Waals surface area contributed by atoms with Crippen LogP contribution in [0.25, 0.3) is 0 Å². The van der Waals surface area contributed by atoms with Crippen LogP contribution in [0.15, 0.2) is 42.5 Å². The van der Waals surface area contributed by atoms with Gasteiger partial charge in [-0.1, -0.05) is 6.07 Å². The minimum atomic E-state index is -0.887. The van der Waals surface area contributed by atoms with Gasteiger partial charge in [-0.15, -0.1) is 0 Å². The van der Waals surface area contributed by atoms with Crippen LogP contribution >= 0.6 is 0 Å². The topological polar surface area (TPSA) is 103 Å². The quantitative estimate of drug-likeness (QED) is 0.626. The monoisotopic (exact) mass is 358 g/mol. The van der Waals surface area contributed by atoms with E-state index in [4.69, 9.17) is 9.47 Å². The van der Waals surface area contributed by atoms with Crippen molar-refractivity contribution in [1.29, 1.82) is 0 Å². The second-order valence-electron chi connectivity index (χ2n) is 5.05. The van der Waals surface area contributed by atoms with E-state index in [2.05, 4.69) is 15.4 Å². The number of anilines is 2. The summed E-state index contributed by atoms with van der Waals surface area (Å²) in [7, 11) is 4.21. The third kappa shape index (κ3) is 4.50. The van der Waals surface area contributed by atoms with Gasteiger partial charge in [-0.25, -0.2) is 4.79 Å². The van der Waals surface area contributed by atoms with Gasteiger partial charge in [0.1, 0.15) is 0 Å². The predicted octanol–water partition coefficient (Wildman–Crippen LogP) is 2.07. The van der Waals surface area contributed by atoms with E-state index < -0.39 is 17.8 Å². The average molecular weight is 358 g/mol. The van der Waals surface area contributed by atoms with Crippen LogP contribution in [0, 0.1) is 0 Å². The summed E-state index contributed by atoms with van der Waals surface area (Å²) in [6.45, 7) is 0. The largest absolute Gasteiger partial charge is 0.493 e. The zero-order valence-corrected chi connectivity index (χ0v) is 14.5. The van der Waals surface area contributed by atoms with Crippen LogP contribution in [-0.2, 0) is 14.3 Å². The van der Waals surface area contributed by atoms with Crippen molar-refractivity contribution in [3.05, 3.63) is 48.0 Å². The Kier molecular flexibility index (Phi) is 6.15. The Morgan fingerprint density at radius 1 is 0.769 bits per heavy atom. The first-order valence-electron chi connectivity index (χ1n) is 7.51. The molecule has 2 N–H and O–H groups in total. The van der Waals surface area contributed by atoms with Crippen molar-refractivity contribution in [2.24, 2.45) is 0 Å². The van der Waals surface area contributed by atoms with Gasteiger partial charge >= 0.3 is 17.8 Å². The Morgan fingerprint density at radius 2 is 1.38 bits per heavy atom. The predicted molar refractivity (Wildman–Crippen MR) is 94.6 cm³/mol. The van der Waals surface area contributed by atoms with Gasteiger partial charge in [0.2, 0.25) is 0 Å². The molecule has 0 aromatic heterocycles. The Hall–Kier alpha value is -3.55. The summed E-state index contributed by atoms with van der Waals surface area (Å²) < 4.78 is 14.9. The molecule has 0 fully saturated rings. The summed E-state index contributed by atoms with van der Waals surface area (Å²) in [5, 5.41) is 4.88. The van der Waals surface area contributed by atoms with Crippen molar-refractivity contribution in [3.8, 4) is 11.5 Å². The third-order valence-corrected chi connectivity index (χ3v) is 3.39. The molecule has 0 spiro atoms. The lowest BCUT2D eigenvalue weighted by molar-refractivity contribution is -0.132. The van der Waals surface area contributed by atoms with E-state index in [1.807, 2.05) is 0 Å². The van der Waals surface area contributed by atoms with Crippen molar-refractivity contribution in [3.63, 3.8) is 0 Å². The molecule has 0 radical (unpaired) electrons. The molecule has 0 aliphatic heterocycles. The molecular weight excluding hydrogens is 340 g/mol. The van der Waals surface area contributed by atoms with Crippen LogP contribution in [0.1, 0.15) is 10.4 Å². The Bertz CT molecular complexity index is 834. The molecule has 0 bridgehead atoms. The lowest BCUT2D eigenvalue weighted by Crippen LogP contribution is -2.29. The van der Waals surface area contributed by atoms with Crippen LogP contribution in [0.2, 0.25) is 0 Å². The number of hydrogen-bond acceptors (Lipinski definition) is 6. The number of rotatable bonds is 5. The maximum Gasteiger partial charge on any atom is 0.337 e. The fraction of sp³-hybridized carbons (Fsp3) is 0.167. The number of hydrogen-bond donors (Lipinski definition) is 2. The number of methoxy groups -OCH3 is 3. The second-order valence-corrected chi connectivity index (χ2v) is 5.05. The van der Waals surface area contributed by atoms with E-state index in [1.54, 1.807) is 24.3 Å². The number of carbonyl (C=O) groups is 3. The van der Waals surface area contributed by atoms with Gasteiger partial charge < -0.3 is 24.8 Å². The third-order valence-electron chi connectivity index (χ3n) is 3.39. The van der Waals surface area contributed by atoms with E-state index in [-0.39, 0.29) is 5.56 Å². The van der Waals surface area contributed by atoms with Crippen LogP contribution in [0.4, 0.5) is 11.4 Å². The Morgan fingerprint density at radius 3 is 1.96 bits per heavy atom. The van der Waals surface area contributed by atoms with Crippen LogP contribution in [-0.4, -0.2) is 39.1 Å². The molecule has 0 saturated heterocycles. The number of amides is 2.